The third-order valence-corrected chi connectivity index (χ3v) is 7.03. The molecule has 178 valence electrons. The molecule has 0 atom stereocenters. The van der Waals surface area contributed by atoms with Crippen LogP contribution in [0, 0.1) is 0 Å². The first kappa shape index (κ1) is 23.7. The molecule has 4 rings (SSSR count). The number of aromatic nitrogens is 6. The van der Waals surface area contributed by atoms with E-state index in [2.05, 4.69) is 59.1 Å². The lowest BCUT2D eigenvalue weighted by molar-refractivity contribution is 0.0954. The van der Waals surface area contributed by atoms with E-state index in [4.69, 9.17) is 4.98 Å². The van der Waals surface area contributed by atoms with Gasteiger partial charge in [0.2, 0.25) is 0 Å². The lowest BCUT2D eigenvalue weighted by atomic mass is 10.0. The number of amides is 1. The molecule has 0 bridgehead atoms. The van der Waals surface area contributed by atoms with Gasteiger partial charge in [0, 0.05) is 30.7 Å². The molecule has 33 heavy (non-hydrogen) atoms. The monoisotopic (exact) mass is 469 g/mol. The summed E-state index contributed by atoms with van der Waals surface area (Å²) in [4.78, 5) is 17.9. The van der Waals surface area contributed by atoms with Gasteiger partial charge in [0.25, 0.3) is 5.91 Å². The summed E-state index contributed by atoms with van der Waals surface area (Å²) in [5.41, 5.74) is 2.33. The topological polar surface area (TPSA) is 90.5 Å². The summed E-state index contributed by atoms with van der Waals surface area (Å²) in [7, 11) is 0. The molecule has 3 aromatic heterocycles. The molecule has 3 heterocycles. The van der Waals surface area contributed by atoms with E-state index in [9.17, 15) is 4.79 Å². The highest BCUT2D eigenvalue weighted by molar-refractivity contribution is 7.98. The summed E-state index contributed by atoms with van der Waals surface area (Å²) >= 11 is 1.66. The minimum absolute atomic E-state index is 0.0744. The molecule has 0 spiro atoms. The van der Waals surface area contributed by atoms with Crippen LogP contribution in [0.4, 0.5) is 0 Å². The van der Waals surface area contributed by atoms with E-state index in [1.54, 1.807) is 18.0 Å². The minimum atomic E-state index is -0.0744. The zero-order valence-electron chi connectivity index (χ0n) is 20.3. The standard InChI is InChI=1S/C24H35N7OS/c1-15(2)20-13-18(19-14-26-31(16(3)4)22(19)27-20)23(32)25-12-8-11-21-28-29-24(33-5)30(21)17-9-6-7-10-17/h13-17H,6-12H2,1-5H3,(H,25,32). The molecule has 1 amide bonds. The molecular formula is C24H35N7OS. The molecule has 1 aliphatic rings. The van der Waals surface area contributed by atoms with Crippen LogP contribution in [0.15, 0.2) is 17.4 Å². The Morgan fingerprint density at radius 2 is 1.97 bits per heavy atom. The fourth-order valence-electron chi connectivity index (χ4n) is 4.59. The summed E-state index contributed by atoms with van der Waals surface area (Å²) < 4.78 is 4.22. The van der Waals surface area contributed by atoms with Gasteiger partial charge in [-0.05, 0) is 51.3 Å². The molecule has 0 aliphatic heterocycles. The zero-order chi connectivity index (χ0) is 23.5. The van der Waals surface area contributed by atoms with Crippen molar-refractivity contribution in [1.82, 2.24) is 34.8 Å². The Bertz CT molecular complexity index is 1110. The highest BCUT2D eigenvalue weighted by atomic mass is 32.2. The number of fused-ring (bicyclic) bond motifs is 1. The second kappa shape index (κ2) is 10.2. The molecule has 8 nitrogen and oxygen atoms in total. The van der Waals surface area contributed by atoms with Gasteiger partial charge in [0.1, 0.15) is 5.82 Å². The SMILES string of the molecule is CSc1nnc(CCCNC(=O)c2cc(C(C)C)nc3c2cnn3C(C)C)n1C1CCCC1. The summed E-state index contributed by atoms with van der Waals surface area (Å²) in [6.07, 6.45) is 10.4. The molecule has 1 saturated carbocycles. The minimum Gasteiger partial charge on any atom is -0.352 e. The molecule has 0 unspecified atom stereocenters. The number of aryl methyl sites for hydroxylation is 1. The Morgan fingerprint density at radius 3 is 2.64 bits per heavy atom. The average Bonchev–Trinajstić information content (AvgIpc) is 3.54. The maximum atomic E-state index is 13.1. The second-order valence-electron chi connectivity index (χ2n) is 9.44. The van der Waals surface area contributed by atoms with Crippen molar-refractivity contribution in [3.63, 3.8) is 0 Å². The van der Waals surface area contributed by atoms with Crippen LogP contribution in [-0.2, 0) is 6.42 Å². The molecular weight excluding hydrogens is 434 g/mol. The van der Waals surface area contributed by atoms with E-state index in [1.165, 1.54) is 25.7 Å². The van der Waals surface area contributed by atoms with Crippen LogP contribution < -0.4 is 5.32 Å². The molecule has 1 N–H and O–H groups in total. The molecule has 0 aromatic carbocycles. The Morgan fingerprint density at radius 1 is 1.21 bits per heavy atom. The van der Waals surface area contributed by atoms with E-state index >= 15 is 0 Å². The highest BCUT2D eigenvalue weighted by Gasteiger charge is 2.23. The molecule has 1 fully saturated rings. The van der Waals surface area contributed by atoms with Crippen LogP contribution in [0.5, 0.6) is 0 Å². The summed E-state index contributed by atoms with van der Waals surface area (Å²) in [5, 5.41) is 18.2. The number of hydrogen-bond donors (Lipinski definition) is 1. The third kappa shape index (κ3) is 4.93. The van der Waals surface area contributed by atoms with Crippen LogP contribution in [0.25, 0.3) is 11.0 Å². The van der Waals surface area contributed by atoms with Gasteiger partial charge in [-0.1, -0.05) is 38.5 Å². The van der Waals surface area contributed by atoms with Crippen molar-refractivity contribution in [2.45, 2.75) is 89.4 Å². The van der Waals surface area contributed by atoms with Crippen molar-refractivity contribution >= 4 is 28.7 Å². The van der Waals surface area contributed by atoms with Crippen molar-refractivity contribution < 1.29 is 4.79 Å². The second-order valence-corrected chi connectivity index (χ2v) is 10.2. The number of pyridine rings is 1. The van der Waals surface area contributed by atoms with Crippen molar-refractivity contribution in [2.24, 2.45) is 0 Å². The van der Waals surface area contributed by atoms with E-state index in [0.29, 0.717) is 18.2 Å². The first-order chi connectivity index (χ1) is 15.9. The predicted octanol–water partition coefficient (Wildman–Crippen LogP) is 4.93. The normalized spacial score (nSPS) is 14.8. The summed E-state index contributed by atoms with van der Waals surface area (Å²) in [6.45, 7) is 8.92. The van der Waals surface area contributed by atoms with E-state index in [1.807, 2.05) is 10.7 Å². The average molecular weight is 470 g/mol. The van der Waals surface area contributed by atoms with E-state index in [0.717, 1.165) is 40.5 Å². The number of nitrogens with one attached hydrogen (secondary N) is 1. The molecule has 0 radical (unpaired) electrons. The number of rotatable bonds is 9. The molecule has 1 aliphatic carbocycles. The summed E-state index contributed by atoms with van der Waals surface area (Å²) in [6, 6.07) is 2.61. The summed E-state index contributed by atoms with van der Waals surface area (Å²) in [5.74, 6) is 1.19. The third-order valence-electron chi connectivity index (χ3n) is 6.38. The quantitative estimate of drug-likeness (QED) is 0.353. The Labute approximate surface area is 199 Å². The first-order valence-electron chi connectivity index (χ1n) is 12.0. The van der Waals surface area contributed by atoms with Gasteiger partial charge in [-0.15, -0.1) is 10.2 Å². The first-order valence-corrected chi connectivity index (χ1v) is 13.3. The fraction of sp³-hybridized carbons (Fsp3) is 0.625. The fourth-order valence-corrected chi connectivity index (χ4v) is 5.16. The van der Waals surface area contributed by atoms with Gasteiger partial charge in [0.05, 0.1) is 17.1 Å². The van der Waals surface area contributed by atoms with Gasteiger partial charge < -0.3 is 9.88 Å². The van der Waals surface area contributed by atoms with Crippen molar-refractivity contribution in [3.8, 4) is 0 Å². The number of thioether (sulfide) groups is 1. The smallest absolute Gasteiger partial charge is 0.252 e. The lowest BCUT2D eigenvalue weighted by Crippen LogP contribution is -2.25. The maximum absolute atomic E-state index is 13.1. The zero-order valence-corrected chi connectivity index (χ0v) is 21.2. The van der Waals surface area contributed by atoms with Crippen molar-refractivity contribution in [2.75, 3.05) is 12.8 Å². The maximum Gasteiger partial charge on any atom is 0.252 e. The van der Waals surface area contributed by atoms with Gasteiger partial charge >= 0.3 is 0 Å². The van der Waals surface area contributed by atoms with E-state index < -0.39 is 0 Å². The Hall–Kier alpha value is -2.42. The predicted molar refractivity (Wildman–Crippen MR) is 132 cm³/mol. The van der Waals surface area contributed by atoms with Crippen LogP contribution in [0.3, 0.4) is 0 Å². The van der Waals surface area contributed by atoms with Gasteiger partial charge in [-0.2, -0.15) is 5.10 Å². The number of carbonyl (C=O) groups excluding carboxylic acids is 1. The molecule has 9 heteroatoms. The van der Waals surface area contributed by atoms with Crippen molar-refractivity contribution in [1.29, 1.82) is 0 Å². The van der Waals surface area contributed by atoms with Crippen LogP contribution in [-0.4, -0.2) is 48.2 Å². The van der Waals surface area contributed by atoms with Crippen LogP contribution >= 0.6 is 11.8 Å². The molecule has 0 saturated heterocycles. The lowest BCUT2D eigenvalue weighted by Gasteiger charge is -2.16. The number of carbonyl (C=O) groups is 1. The Balaban J connectivity index is 1.45. The number of hydrogen-bond acceptors (Lipinski definition) is 6. The highest BCUT2D eigenvalue weighted by Crippen LogP contribution is 2.33. The van der Waals surface area contributed by atoms with Gasteiger partial charge in [-0.3, -0.25) is 4.79 Å². The van der Waals surface area contributed by atoms with Gasteiger partial charge in [-0.25, -0.2) is 9.67 Å². The van der Waals surface area contributed by atoms with E-state index in [-0.39, 0.29) is 17.9 Å². The number of nitrogens with zero attached hydrogens (tertiary/aromatic N) is 6. The molecule has 3 aromatic rings. The van der Waals surface area contributed by atoms with Crippen molar-refractivity contribution in [3.05, 3.63) is 29.3 Å². The Kier molecular flexibility index (Phi) is 7.36. The van der Waals surface area contributed by atoms with Gasteiger partial charge in [0.15, 0.2) is 10.8 Å². The van der Waals surface area contributed by atoms with Crippen LogP contribution in [0.1, 0.15) is 99.7 Å². The largest absolute Gasteiger partial charge is 0.352 e. The van der Waals surface area contributed by atoms with Crippen LogP contribution in [0.2, 0.25) is 0 Å².